The molecule has 3 heterocycles. The van der Waals surface area contributed by atoms with Crippen LogP contribution in [-0.2, 0) is 17.6 Å². The van der Waals surface area contributed by atoms with Crippen molar-refractivity contribution in [2.75, 3.05) is 37.6 Å². The number of rotatable bonds is 10. The molecule has 1 aromatic carbocycles. The summed E-state index contributed by atoms with van der Waals surface area (Å²) in [6, 6.07) is 14.2. The van der Waals surface area contributed by atoms with Gasteiger partial charge in [-0.2, -0.15) is 0 Å². The summed E-state index contributed by atoms with van der Waals surface area (Å²) < 4.78 is 0. The van der Waals surface area contributed by atoms with Crippen LogP contribution in [0.1, 0.15) is 24.1 Å². The first-order valence-corrected chi connectivity index (χ1v) is 11.7. The van der Waals surface area contributed by atoms with Crippen LogP contribution in [0.5, 0.6) is 0 Å². The number of hydrogen-bond donors (Lipinski definition) is 2. The van der Waals surface area contributed by atoms with Gasteiger partial charge in [-0.05, 0) is 29.7 Å². The van der Waals surface area contributed by atoms with Crippen LogP contribution in [0, 0.1) is 5.41 Å². The van der Waals surface area contributed by atoms with Crippen molar-refractivity contribution in [3.63, 3.8) is 0 Å². The van der Waals surface area contributed by atoms with E-state index in [0.717, 1.165) is 67.5 Å². The molecule has 2 aromatic heterocycles. The number of carbonyl (C=O) groups excluding carboxylic acids is 1. The Morgan fingerprint density at radius 3 is 2.44 bits per heavy atom. The minimum absolute atomic E-state index is 0.0116. The molecule has 0 saturated carbocycles. The van der Waals surface area contributed by atoms with Gasteiger partial charge in [0.2, 0.25) is 5.95 Å². The highest BCUT2D eigenvalue weighted by atomic mass is 16.1. The summed E-state index contributed by atoms with van der Waals surface area (Å²) in [5, 5.41) is 7.24. The second-order valence-corrected chi connectivity index (χ2v) is 8.61. The molecule has 0 amide bonds. The van der Waals surface area contributed by atoms with Gasteiger partial charge in [-0.15, -0.1) is 0 Å². The van der Waals surface area contributed by atoms with Crippen molar-refractivity contribution >= 4 is 17.6 Å². The van der Waals surface area contributed by atoms with Crippen LogP contribution in [0.4, 0.5) is 5.95 Å². The highest BCUT2D eigenvalue weighted by Gasteiger charge is 2.19. The molecule has 0 unspecified atom stereocenters. The number of aromatic nitrogens is 3. The van der Waals surface area contributed by atoms with Crippen LogP contribution in [-0.4, -0.2) is 64.2 Å². The summed E-state index contributed by atoms with van der Waals surface area (Å²) in [7, 11) is 0. The van der Waals surface area contributed by atoms with E-state index in [1.807, 2.05) is 48.9 Å². The highest BCUT2D eigenvalue weighted by molar-refractivity contribution is 5.98. The fourth-order valence-corrected chi connectivity index (χ4v) is 4.11. The van der Waals surface area contributed by atoms with Crippen LogP contribution in [0.2, 0.25) is 0 Å². The lowest BCUT2D eigenvalue weighted by molar-refractivity contribution is -0.117. The maximum absolute atomic E-state index is 11.8. The smallest absolute Gasteiger partial charge is 0.225 e. The summed E-state index contributed by atoms with van der Waals surface area (Å²) in [5.74, 6) is 0.670. The number of nitrogens with one attached hydrogen (secondary N) is 1. The lowest BCUT2D eigenvalue weighted by atomic mass is 10.0. The van der Waals surface area contributed by atoms with E-state index < -0.39 is 0 Å². The molecule has 1 aliphatic rings. The lowest BCUT2D eigenvalue weighted by Gasteiger charge is -2.34. The van der Waals surface area contributed by atoms with Gasteiger partial charge in [-0.25, -0.2) is 9.97 Å². The van der Waals surface area contributed by atoms with Crippen LogP contribution >= 0.6 is 0 Å². The molecule has 176 valence electrons. The molecule has 0 spiro atoms. The SMILES string of the molecule is N=C(N)CC(=O)CCc1cccc(-c2cnc(N3CCN(CCc4ccccn4)CC3)nc2)c1. The second-order valence-electron chi connectivity index (χ2n) is 8.61. The van der Waals surface area contributed by atoms with E-state index in [2.05, 4.69) is 36.9 Å². The van der Waals surface area contributed by atoms with E-state index in [1.54, 1.807) is 0 Å². The van der Waals surface area contributed by atoms with Gasteiger partial charge in [0.25, 0.3) is 0 Å². The first-order valence-electron chi connectivity index (χ1n) is 11.7. The Labute approximate surface area is 200 Å². The Bertz CT molecular complexity index is 1090. The Morgan fingerprint density at radius 2 is 1.74 bits per heavy atom. The van der Waals surface area contributed by atoms with Gasteiger partial charge in [0.15, 0.2) is 0 Å². The summed E-state index contributed by atoms with van der Waals surface area (Å²) in [5.41, 5.74) is 9.50. The van der Waals surface area contributed by atoms with Gasteiger partial charge >= 0.3 is 0 Å². The van der Waals surface area contributed by atoms with Gasteiger partial charge in [-0.1, -0.05) is 30.3 Å². The van der Waals surface area contributed by atoms with Crippen molar-refractivity contribution in [1.82, 2.24) is 19.9 Å². The number of anilines is 1. The van der Waals surface area contributed by atoms with Crippen LogP contribution in [0.15, 0.2) is 61.1 Å². The average Bonchev–Trinajstić information content (AvgIpc) is 2.87. The van der Waals surface area contributed by atoms with E-state index in [1.165, 1.54) is 0 Å². The molecular weight excluding hydrogens is 426 g/mol. The van der Waals surface area contributed by atoms with Crippen LogP contribution < -0.4 is 10.6 Å². The first-order chi connectivity index (χ1) is 16.6. The van der Waals surface area contributed by atoms with E-state index >= 15 is 0 Å². The topological polar surface area (TPSA) is 112 Å². The van der Waals surface area contributed by atoms with Crippen molar-refractivity contribution in [2.45, 2.75) is 25.7 Å². The van der Waals surface area contributed by atoms with Crippen molar-refractivity contribution in [3.05, 3.63) is 72.3 Å². The molecule has 4 rings (SSSR count). The molecule has 0 aliphatic carbocycles. The minimum Gasteiger partial charge on any atom is -0.387 e. The Kier molecular flexibility index (Phi) is 7.93. The number of amidine groups is 1. The van der Waals surface area contributed by atoms with Crippen molar-refractivity contribution in [1.29, 1.82) is 5.41 Å². The maximum atomic E-state index is 11.8. The van der Waals surface area contributed by atoms with Crippen molar-refractivity contribution < 1.29 is 4.79 Å². The second kappa shape index (κ2) is 11.5. The van der Waals surface area contributed by atoms with E-state index in [0.29, 0.717) is 12.8 Å². The van der Waals surface area contributed by atoms with E-state index in [9.17, 15) is 4.79 Å². The Balaban J connectivity index is 1.29. The number of nitrogens with two attached hydrogens (primary N) is 1. The number of nitrogens with zero attached hydrogens (tertiary/aromatic N) is 5. The molecule has 8 nitrogen and oxygen atoms in total. The largest absolute Gasteiger partial charge is 0.387 e. The molecule has 1 fully saturated rings. The number of aryl methyl sites for hydroxylation is 1. The number of pyridine rings is 1. The van der Waals surface area contributed by atoms with Gasteiger partial charge in [0.05, 0.1) is 12.3 Å². The third-order valence-corrected chi connectivity index (χ3v) is 6.04. The zero-order valence-corrected chi connectivity index (χ0v) is 19.4. The molecule has 1 saturated heterocycles. The molecule has 34 heavy (non-hydrogen) atoms. The molecule has 0 atom stereocenters. The monoisotopic (exact) mass is 457 g/mol. The fourth-order valence-electron chi connectivity index (χ4n) is 4.11. The Hall–Kier alpha value is -3.65. The number of Topliss-reactive ketones (excluding diaryl/α,β-unsaturated/α-hetero) is 1. The molecule has 1 aliphatic heterocycles. The third kappa shape index (κ3) is 6.68. The lowest BCUT2D eigenvalue weighted by Crippen LogP contribution is -2.47. The summed E-state index contributed by atoms with van der Waals surface area (Å²) in [6.45, 7) is 4.81. The molecule has 3 N–H and O–H groups in total. The first kappa shape index (κ1) is 23.5. The van der Waals surface area contributed by atoms with Gasteiger partial charge < -0.3 is 10.6 Å². The predicted molar refractivity (Wildman–Crippen MR) is 134 cm³/mol. The fraction of sp³-hybridized carbons (Fsp3) is 0.346. The molecule has 3 aromatic rings. The van der Waals surface area contributed by atoms with E-state index in [-0.39, 0.29) is 18.0 Å². The molecular formula is C26H31N7O. The average molecular weight is 458 g/mol. The molecule has 0 bridgehead atoms. The van der Waals surface area contributed by atoms with Crippen LogP contribution in [0.3, 0.4) is 0 Å². The summed E-state index contributed by atoms with van der Waals surface area (Å²) in [4.78, 5) is 30.2. The van der Waals surface area contributed by atoms with Gasteiger partial charge in [-0.3, -0.25) is 20.1 Å². The van der Waals surface area contributed by atoms with E-state index in [4.69, 9.17) is 11.1 Å². The summed E-state index contributed by atoms with van der Waals surface area (Å²) in [6.07, 6.45) is 7.59. The van der Waals surface area contributed by atoms with Crippen molar-refractivity contribution in [3.8, 4) is 11.1 Å². The van der Waals surface area contributed by atoms with Gasteiger partial charge in [0.1, 0.15) is 5.78 Å². The quantitative estimate of drug-likeness (QED) is 0.356. The minimum atomic E-state index is -0.0816. The standard InChI is InChI=1S/C26H31N7O/c27-25(28)17-24(34)8-7-20-4-3-5-21(16-20)22-18-30-26(31-19-22)33-14-12-32(13-15-33)11-9-23-6-1-2-10-29-23/h1-6,10,16,18-19H,7-9,11-15,17H2,(H3,27,28). The van der Waals surface area contributed by atoms with Crippen molar-refractivity contribution in [2.24, 2.45) is 5.73 Å². The third-order valence-electron chi connectivity index (χ3n) is 6.04. The zero-order chi connectivity index (χ0) is 23.8. The predicted octanol–water partition coefficient (Wildman–Crippen LogP) is 2.73. The normalized spacial score (nSPS) is 14.2. The molecule has 8 heteroatoms. The number of ketones is 1. The number of benzene rings is 1. The molecule has 0 radical (unpaired) electrons. The highest BCUT2D eigenvalue weighted by Crippen LogP contribution is 2.21. The van der Waals surface area contributed by atoms with Gasteiger partial charge in [0, 0.05) is 75.4 Å². The Morgan fingerprint density at radius 1 is 0.941 bits per heavy atom. The van der Waals surface area contributed by atoms with Crippen LogP contribution in [0.25, 0.3) is 11.1 Å². The number of hydrogen-bond acceptors (Lipinski definition) is 7. The number of carbonyl (C=O) groups is 1. The number of piperazine rings is 1. The maximum Gasteiger partial charge on any atom is 0.225 e. The zero-order valence-electron chi connectivity index (χ0n) is 19.4. The summed E-state index contributed by atoms with van der Waals surface area (Å²) >= 11 is 0.